The highest BCUT2D eigenvalue weighted by Gasteiger charge is 2.22. The van der Waals surface area contributed by atoms with Gasteiger partial charge in [-0.25, -0.2) is 0 Å². The standard InChI is InChI=1S/C24H20N2O4/c1-15(23(28)20-13-25-21-9-5-4-8-19(20)21)30-22(27)14-26-24(29)18-11-10-16-6-2-3-7-17(16)12-18/h2-13,15,25H,14H2,1H3,(H,26,29)/t15-/m0/s1. The highest BCUT2D eigenvalue weighted by atomic mass is 16.5. The fourth-order valence-corrected chi connectivity index (χ4v) is 3.37. The van der Waals surface area contributed by atoms with E-state index < -0.39 is 12.1 Å². The molecule has 0 aliphatic heterocycles. The lowest BCUT2D eigenvalue weighted by Gasteiger charge is -2.12. The highest BCUT2D eigenvalue weighted by molar-refractivity contribution is 6.10. The summed E-state index contributed by atoms with van der Waals surface area (Å²) in [5, 5.41) is 5.28. The first-order valence-corrected chi connectivity index (χ1v) is 9.60. The van der Waals surface area contributed by atoms with Gasteiger partial charge in [0.15, 0.2) is 6.10 Å². The number of carbonyl (C=O) groups is 3. The van der Waals surface area contributed by atoms with Gasteiger partial charge in [0, 0.05) is 28.2 Å². The molecule has 1 atom stereocenters. The van der Waals surface area contributed by atoms with Crippen LogP contribution in [0.3, 0.4) is 0 Å². The molecule has 2 N–H and O–H groups in total. The van der Waals surface area contributed by atoms with Crippen LogP contribution in [0.5, 0.6) is 0 Å². The predicted molar refractivity (Wildman–Crippen MR) is 114 cm³/mol. The van der Waals surface area contributed by atoms with E-state index in [1.807, 2.05) is 54.6 Å². The van der Waals surface area contributed by atoms with Crippen molar-refractivity contribution in [1.29, 1.82) is 0 Å². The Balaban J connectivity index is 1.35. The number of nitrogens with one attached hydrogen (secondary N) is 2. The summed E-state index contributed by atoms with van der Waals surface area (Å²) in [5.74, 6) is -1.36. The molecule has 0 spiro atoms. The average Bonchev–Trinajstić information content (AvgIpc) is 3.20. The molecule has 4 rings (SSSR count). The van der Waals surface area contributed by atoms with Gasteiger partial charge in [-0.1, -0.05) is 48.5 Å². The summed E-state index contributed by atoms with van der Waals surface area (Å²) in [6, 6.07) is 20.4. The molecule has 0 unspecified atom stereocenters. The number of Topliss-reactive ketones (excluding diaryl/α,β-unsaturated/α-hetero) is 1. The molecule has 0 saturated heterocycles. The van der Waals surface area contributed by atoms with Crippen LogP contribution in [-0.2, 0) is 9.53 Å². The lowest BCUT2D eigenvalue weighted by molar-refractivity contribution is -0.145. The average molecular weight is 400 g/mol. The van der Waals surface area contributed by atoms with Crippen molar-refractivity contribution in [2.45, 2.75) is 13.0 Å². The summed E-state index contributed by atoms with van der Waals surface area (Å²) < 4.78 is 5.22. The number of amides is 1. The molecule has 0 bridgehead atoms. The number of ether oxygens (including phenoxy) is 1. The second-order valence-electron chi connectivity index (χ2n) is 6.99. The molecule has 1 aromatic heterocycles. The Labute approximate surface area is 172 Å². The van der Waals surface area contributed by atoms with Crippen LogP contribution in [0.15, 0.2) is 72.9 Å². The van der Waals surface area contributed by atoms with Gasteiger partial charge in [0.05, 0.1) is 0 Å². The maximum atomic E-state index is 12.7. The van der Waals surface area contributed by atoms with Crippen molar-refractivity contribution in [2.24, 2.45) is 0 Å². The van der Waals surface area contributed by atoms with Gasteiger partial charge in [-0.2, -0.15) is 0 Å². The van der Waals surface area contributed by atoms with E-state index in [0.717, 1.165) is 21.7 Å². The van der Waals surface area contributed by atoms with Crippen LogP contribution < -0.4 is 5.32 Å². The quantitative estimate of drug-likeness (QED) is 0.380. The molecular weight excluding hydrogens is 380 g/mol. The van der Waals surface area contributed by atoms with Crippen LogP contribution in [0.25, 0.3) is 21.7 Å². The third kappa shape index (κ3) is 3.93. The predicted octanol–water partition coefficient (Wildman–Crippen LogP) is 3.87. The van der Waals surface area contributed by atoms with E-state index in [1.165, 1.54) is 6.92 Å². The number of rotatable bonds is 6. The molecule has 4 aromatic rings. The third-order valence-electron chi connectivity index (χ3n) is 4.94. The van der Waals surface area contributed by atoms with Crippen molar-refractivity contribution >= 4 is 39.3 Å². The van der Waals surface area contributed by atoms with Crippen molar-refractivity contribution < 1.29 is 19.1 Å². The van der Waals surface area contributed by atoms with E-state index >= 15 is 0 Å². The van der Waals surface area contributed by atoms with Crippen LogP contribution in [-0.4, -0.2) is 35.3 Å². The van der Waals surface area contributed by atoms with E-state index in [9.17, 15) is 14.4 Å². The van der Waals surface area contributed by atoms with E-state index in [-0.39, 0.29) is 18.2 Å². The molecule has 0 aliphatic carbocycles. The molecule has 0 saturated carbocycles. The second kappa shape index (κ2) is 8.21. The monoisotopic (exact) mass is 400 g/mol. The minimum absolute atomic E-state index is 0.304. The number of hydrogen-bond acceptors (Lipinski definition) is 4. The first-order valence-electron chi connectivity index (χ1n) is 9.60. The van der Waals surface area contributed by atoms with Gasteiger partial charge < -0.3 is 15.0 Å². The van der Waals surface area contributed by atoms with E-state index in [0.29, 0.717) is 11.1 Å². The zero-order valence-electron chi connectivity index (χ0n) is 16.3. The SMILES string of the molecule is C[C@H](OC(=O)CNC(=O)c1ccc2ccccc2c1)C(=O)c1c[nH]c2ccccc12. The van der Waals surface area contributed by atoms with E-state index in [1.54, 1.807) is 18.3 Å². The first-order chi connectivity index (χ1) is 14.5. The van der Waals surface area contributed by atoms with Crippen LogP contribution in [0.2, 0.25) is 0 Å². The first kappa shape index (κ1) is 19.4. The zero-order chi connectivity index (χ0) is 21.1. The van der Waals surface area contributed by atoms with E-state index in [4.69, 9.17) is 4.74 Å². The molecular formula is C24H20N2O4. The second-order valence-corrected chi connectivity index (χ2v) is 6.99. The van der Waals surface area contributed by atoms with Gasteiger partial charge >= 0.3 is 5.97 Å². The Morgan fingerprint density at radius 2 is 1.70 bits per heavy atom. The minimum Gasteiger partial charge on any atom is -0.453 e. The molecule has 0 radical (unpaired) electrons. The van der Waals surface area contributed by atoms with Gasteiger partial charge in [-0.15, -0.1) is 0 Å². The molecule has 30 heavy (non-hydrogen) atoms. The van der Waals surface area contributed by atoms with Crippen molar-refractivity contribution in [3.8, 4) is 0 Å². The Morgan fingerprint density at radius 3 is 2.53 bits per heavy atom. The van der Waals surface area contributed by atoms with Gasteiger partial charge in [-0.3, -0.25) is 14.4 Å². The number of benzene rings is 3. The van der Waals surface area contributed by atoms with Crippen LogP contribution >= 0.6 is 0 Å². The lowest BCUT2D eigenvalue weighted by atomic mass is 10.1. The highest BCUT2D eigenvalue weighted by Crippen LogP contribution is 2.20. The Morgan fingerprint density at radius 1 is 0.967 bits per heavy atom. The Bertz CT molecular complexity index is 1260. The van der Waals surface area contributed by atoms with Gasteiger partial charge in [0.25, 0.3) is 5.91 Å². The molecule has 150 valence electrons. The van der Waals surface area contributed by atoms with Crippen molar-refractivity contribution in [3.05, 3.63) is 84.1 Å². The maximum Gasteiger partial charge on any atom is 0.326 e. The van der Waals surface area contributed by atoms with Gasteiger partial charge in [0.2, 0.25) is 5.78 Å². The van der Waals surface area contributed by atoms with Crippen LogP contribution in [0.1, 0.15) is 27.6 Å². The summed E-state index contributed by atoms with van der Waals surface area (Å²) in [4.78, 5) is 40.2. The topological polar surface area (TPSA) is 88.3 Å². The maximum absolute atomic E-state index is 12.7. The fraction of sp³-hybridized carbons (Fsp3) is 0.125. The van der Waals surface area contributed by atoms with Crippen LogP contribution in [0.4, 0.5) is 0 Å². The van der Waals surface area contributed by atoms with Crippen molar-refractivity contribution in [3.63, 3.8) is 0 Å². The molecule has 0 aliphatic rings. The summed E-state index contributed by atoms with van der Waals surface area (Å²) in [6.07, 6.45) is 0.646. The number of aromatic nitrogens is 1. The molecule has 6 nitrogen and oxygen atoms in total. The summed E-state index contributed by atoms with van der Waals surface area (Å²) in [6.45, 7) is 1.20. The molecule has 6 heteroatoms. The van der Waals surface area contributed by atoms with Crippen molar-refractivity contribution in [2.75, 3.05) is 6.54 Å². The largest absolute Gasteiger partial charge is 0.453 e. The van der Waals surface area contributed by atoms with Crippen molar-refractivity contribution in [1.82, 2.24) is 10.3 Å². The number of ketones is 1. The zero-order valence-corrected chi connectivity index (χ0v) is 16.3. The number of esters is 1. The smallest absolute Gasteiger partial charge is 0.326 e. The minimum atomic E-state index is -0.964. The Kier molecular flexibility index (Phi) is 5.30. The summed E-state index contributed by atoms with van der Waals surface area (Å²) in [7, 11) is 0. The number of H-pyrrole nitrogens is 1. The fourth-order valence-electron chi connectivity index (χ4n) is 3.37. The Hall–Kier alpha value is -3.93. The molecule has 1 amide bonds. The number of carbonyl (C=O) groups excluding carboxylic acids is 3. The number of para-hydroxylation sites is 1. The van der Waals surface area contributed by atoms with Gasteiger partial charge in [0.1, 0.15) is 6.54 Å². The van der Waals surface area contributed by atoms with E-state index in [2.05, 4.69) is 10.3 Å². The number of aromatic amines is 1. The number of fused-ring (bicyclic) bond motifs is 2. The summed E-state index contributed by atoms with van der Waals surface area (Å²) in [5.41, 5.74) is 1.75. The molecule has 3 aromatic carbocycles. The normalized spacial score (nSPS) is 11.9. The van der Waals surface area contributed by atoms with Crippen LogP contribution in [0, 0.1) is 0 Å². The molecule has 0 fully saturated rings. The summed E-state index contributed by atoms with van der Waals surface area (Å²) >= 11 is 0. The number of hydrogen-bond donors (Lipinski definition) is 2. The molecule has 1 heterocycles. The lowest BCUT2D eigenvalue weighted by Crippen LogP contribution is -2.34. The third-order valence-corrected chi connectivity index (χ3v) is 4.94. The van der Waals surface area contributed by atoms with Gasteiger partial charge in [-0.05, 0) is 35.9 Å².